The third kappa shape index (κ3) is 5.32. The maximum Gasteiger partial charge on any atom is 0.248 e. The van der Waals surface area contributed by atoms with Crippen molar-refractivity contribution in [1.29, 1.82) is 0 Å². The lowest BCUT2D eigenvalue weighted by molar-refractivity contribution is -0.137. The van der Waals surface area contributed by atoms with Gasteiger partial charge in [0.1, 0.15) is 11.7 Å². The Hall–Kier alpha value is -1.40. The molecule has 130 valence electrons. The summed E-state index contributed by atoms with van der Waals surface area (Å²) in [7, 11) is 1.79. The molecule has 1 aliphatic rings. The Bertz CT molecular complexity index is 505. The quantitative estimate of drug-likeness (QED) is 0.784. The fourth-order valence-electron chi connectivity index (χ4n) is 2.93. The third-order valence-corrected chi connectivity index (χ3v) is 4.50. The van der Waals surface area contributed by atoms with Gasteiger partial charge in [-0.05, 0) is 26.7 Å². The van der Waals surface area contributed by atoms with Crippen LogP contribution in [0, 0.1) is 0 Å². The van der Waals surface area contributed by atoms with Crippen LogP contribution in [0.1, 0.15) is 57.9 Å². The van der Waals surface area contributed by atoms with E-state index in [0.717, 1.165) is 12.8 Å². The van der Waals surface area contributed by atoms with Crippen LogP contribution in [0.15, 0.2) is 12.4 Å². The maximum absolute atomic E-state index is 12.2. The molecule has 0 radical (unpaired) electrons. The van der Waals surface area contributed by atoms with E-state index in [0.29, 0.717) is 5.56 Å². The van der Waals surface area contributed by atoms with Crippen molar-refractivity contribution in [3.63, 3.8) is 0 Å². The minimum absolute atomic E-state index is 0.135. The number of hydrogen-bond donors (Lipinski definition) is 2. The SMILES string of the molecule is CC(OC1CCCCCC1)C(=O)NCC(C)(O)c1cnn(C)c1. The van der Waals surface area contributed by atoms with Crippen molar-refractivity contribution >= 4 is 5.91 Å². The van der Waals surface area contributed by atoms with Crippen molar-refractivity contribution in [3.8, 4) is 0 Å². The Morgan fingerprint density at radius 1 is 1.48 bits per heavy atom. The minimum Gasteiger partial charge on any atom is -0.383 e. The molecule has 6 nitrogen and oxygen atoms in total. The highest BCUT2D eigenvalue weighted by Crippen LogP contribution is 2.21. The van der Waals surface area contributed by atoms with E-state index in [1.54, 1.807) is 38.0 Å². The summed E-state index contributed by atoms with van der Waals surface area (Å²) in [6.07, 6.45) is 9.97. The van der Waals surface area contributed by atoms with Crippen molar-refractivity contribution in [3.05, 3.63) is 18.0 Å². The maximum atomic E-state index is 12.2. The average Bonchev–Trinajstić information content (AvgIpc) is 2.79. The molecular weight excluding hydrogens is 294 g/mol. The van der Waals surface area contributed by atoms with Crippen LogP contribution < -0.4 is 5.32 Å². The molecule has 1 aliphatic carbocycles. The van der Waals surface area contributed by atoms with Gasteiger partial charge in [0.2, 0.25) is 5.91 Å². The molecular formula is C17H29N3O3. The zero-order valence-electron chi connectivity index (χ0n) is 14.4. The molecule has 2 atom stereocenters. The van der Waals surface area contributed by atoms with Gasteiger partial charge in [0, 0.05) is 18.8 Å². The first kappa shape index (κ1) is 17.9. The molecule has 6 heteroatoms. The van der Waals surface area contributed by atoms with Crippen molar-refractivity contribution in [2.45, 2.75) is 70.2 Å². The first-order valence-electron chi connectivity index (χ1n) is 8.53. The van der Waals surface area contributed by atoms with Gasteiger partial charge in [-0.25, -0.2) is 0 Å². The van der Waals surface area contributed by atoms with Crippen LogP contribution in [0.4, 0.5) is 0 Å². The Kier molecular flexibility index (Phi) is 6.18. The molecule has 1 heterocycles. The number of aromatic nitrogens is 2. The molecule has 2 N–H and O–H groups in total. The lowest BCUT2D eigenvalue weighted by atomic mass is 10.00. The van der Waals surface area contributed by atoms with Gasteiger partial charge in [0.05, 0.1) is 18.8 Å². The van der Waals surface area contributed by atoms with Crippen molar-refractivity contribution in [2.75, 3.05) is 6.54 Å². The zero-order valence-corrected chi connectivity index (χ0v) is 14.4. The summed E-state index contributed by atoms with van der Waals surface area (Å²) >= 11 is 0. The second kappa shape index (κ2) is 7.93. The molecule has 2 unspecified atom stereocenters. The molecule has 0 aromatic carbocycles. The number of nitrogens with zero attached hydrogens (tertiary/aromatic N) is 2. The Balaban J connectivity index is 1.81. The number of rotatable bonds is 6. The van der Waals surface area contributed by atoms with Crippen LogP contribution >= 0.6 is 0 Å². The summed E-state index contributed by atoms with van der Waals surface area (Å²) in [4.78, 5) is 12.2. The van der Waals surface area contributed by atoms with Gasteiger partial charge in [-0.3, -0.25) is 9.48 Å². The van der Waals surface area contributed by atoms with E-state index in [4.69, 9.17) is 4.74 Å². The van der Waals surface area contributed by atoms with Gasteiger partial charge < -0.3 is 15.2 Å². The van der Waals surface area contributed by atoms with Gasteiger partial charge in [-0.15, -0.1) is 0 Å². The van der Waals surface area contributed by atoms with E-state index in [2.05, 4.69) is 10.4 Å². The smallest absolute Gasteiger partial charge is 0.248 e. The monoisotopic (exact) mass is 323 g/mol. The van der Waals surface area contributed by atoms with Crippen molar-refractivity contribution < 1.29 is 14.6 Å². The number of nitrogens with one attached hydrogen (secondary N) is 1. The van der Waals surface area contributed by atoms with Crippen LogP contribution in [0.3, 0.4) is 0 Å². The van der Waals surface area contributed by atoms with Crippen LogP contribution in [0.5, 0.6) is 0 Å². The van der Waals surface area contributed by atoms with E-state index in [9.17, 15) is 9.90 Å². The highest BCUT2D eigenvalue weighted by Gasteiger charge is 2.27. The summed E-state index contributed by atoms with van der Waals surface area (Å²) in [5.74, 6) is -0.182. The van der Waals surface area contributed by atoms with Gasteiger partial charge >= 0.3 is 0 Å². The molecule has 1 amide bonds. The lowest BCUT2D eigenvalue weighted by Crippen LogP contribution is -2.43. The van der Waals surface area contributed by atoms with Crippen LogP contribution in [0.2, 0.25) is 0 Å². The molecule has 0 aliphatic heterocycles. The van der Waals surface area contributed by atoms with Crippen LogP contribution in [-0.2, 0) is 22.2 Å². The van der Waals surface area contributed by atoms with Gasteiger partial charge in [-0.1, -0.05) is 25.7 Å². The zero-order chi connectivity index (χ0) is 16.9. The number of amides is 1. The number of aliphatic hydroxyl groups is 1. The summed E-state index contributed by atoms with van der Waals surface area (Å²) in [5, 5.41) is 17.3. The molecule has 0 spiro atoms. The second-order valence-corrected chi connectivity index (χ2v) is 6.79. The van der Waals surface area contributed by atoms with Crippen LogP contribution in [-0.4, -0.2) is 39.5 Å². The Morgan fingerprint density at radius 2 is 2.13 bits per heavy atom. The van der Waals surface area contributed by atoms with Crippen molar-refractivity contribution in [2.24, 2.45) is 7.05 Å². The summed E-state index contributed by atoms with van der Waals surface area (Å²) < 4.78 is 7.53. The number of aryl methyl sites for hydroxylation is 1. The van der Waals surface area contributed by atoms with Crippen LogP contribution in [0.25, 0.3) is 0 Å². The highest BCUT2D eigenvalue weighted by molar-refractivity contribution is 5.80. The lowest BCUT2D eigenvalue weighted by Gasteiger charge is -2.25. The number of hydrogen-bond acceptors (Lipinski definition) is 4. The third-order valence-electron chi connectivity index (χ3n) is 4.50. The predicted molar refractivity (Wildman–Crippen MR) is 87.8 cm³/mol. The van der Waals surface area contributed by atoms with E-state index in [1.807, 2.05) is 0 Å². The molecule has 2 rings (SSSR count). The Morgan fingerprint density at radius 3 is 2.70 bits per heavy atom. The second-order valence-electron chi connectivity index (χ2n) is 6.79. The summed E-state index contributed by atoms with van der Waals surface area (Å²) in [5.41, 5.74) is -0.468. The molecule has 1 saturated carbocycles. The Labute approximate surface area is 138 Å². The molecule has 0 saturated heterocycles. The van der Waals surface area contributed by atoms with E-state index in [-0.39, 0.29) is 18.6 Å². The first-order chi connectivity index (χ1) is 10.9. The summed E-state index contributed by atoms with van der Waals surface area (Å²) in [6, 6.07) is 0. The molecule has 0 bridgehead atoms. The minimum atomic E-state index is -1.15. The largest absolute Gasteiger partial charge is 0.383 e. The van der Waals surface area contributed by atoms with E-state index in [1.165, 1.54) is 25.7 Å². The van der Waals surface area contributed by atoms with E-state index >= 15 is 0 Å². The molecule has 23 heavy (non-hydrogen) atoms. The molecule has 1 aromatic heterocycles. The molecule has 1 fully saturated rings. The summed E-state index contributed by atoms with van der Waals surface area (Å²) in [6.45, 7) is 3.58. The van der Waals surface area contributed by atoms with Crippen molar-refractivity contribution in [1.82, 2.24) is 15.1 Å². The molecule has 1 aromatic rings. The standard InChI is InChI=1S/C17H29N3O3/c1-13(23-15-8-6-4-5-7-9-15)16(21)18-12-17(2,22)14-10-19-20(3)11-14/h10-11,13,15,22H,4-9,12H2,1-3H3,(H,18,21). The topological polar surface area (TPSA) is 76.4 Å². The van der Waals surface area contributed by atoms with Gasteiger partial charge in [0.15, 0.2) is 0 Å². The normalized spacial score (nSPS) is 20.5. The predicted octanol–water partition coefficient (Wildman–Crippen LogP) is 1.87. The number of ether oxygens (including phenoxy) is 1. The fourth-order valence-corrected chi connectivity index (χ4v) is 2.93. The van der Waals surface area contributed by atoms with Gasteiger partial charge in [0.25, 0.3) is 0 Å². The van der Waals surface area contributed by atoms with Gasteiger partial charge in [-0.2, -0.15) is 5.10 Å². The highest BCUT2D eigenvalue weighted by atomic mass is 16.5. The average molecular weight is 323 g/mol. The number of carbonyl (C=O) groups is 1. The van der Waals surface area contributed by atoms with E-state index < -0.39 is 11.7 Å². The fraction of sp³-hybridized carbons (Fsp3) is 0.765. The number of carbonyl (C=O) groups excluding carboxylic acids is 1. The first-order valence-corrected chi connectivity index (χ1v) is 8.53.